The Kier molecular flexibility index (Phi) is 10.4. The van der Waals surface area contributed by atoms with E-state index in [9.17, 15) is 10.3 Å². The largest absolute Gasteiger partial charge is 0.494 e. The molecule has 0 unspecified atom stereocenters. The lowest BCUT2D eigenvalue weighted by Crippen LogP contribution is -2.50. The van der Waals surface area contributed by atoms with Gasteiger partial charge < -0.3 is 19.9 Å². The number of benzene rings is 3. The van der Waals surface area contributed by atoms with Gasteiger partial charge in [0.05, 0.1) is 13.2 Å². The van der Waals surface area contributed by atoms with Gasteiger partial charge in [-0.15, -0.1) is 0 Å². The third kappa shape index (κ3) is 6.82. The number of aliphatic hydroxyl groups excluding tert-OH is 1. The van der Waals surface area contributed by atoms with E-state index in [1.54, 1.807) is 42.5 Å². The van der Waals surface area contributed by atoms with Crippen LogP contribution >= 0.6 is 0 Å². The van der Waals surface area contributed by atoms with Crippen LogP contribution in [-0.2, 0) is 22.5 Å². The number of ether oxygens (including phenoxy) is 2. The second-order valence-corrected chi connectivity index (χ2v) is 9.63. The van der Waals surface area contributed by atoms with Crippen LogP contribution < -0.4 is 10.1 Å². The molecule has 0 aromatic heterocycles. The zero-order valence-corrected chi connectivity index (χ0v) is 23.3. The summed E-state index contributed by atoms with van der Waals surface area (Å²) in [5.74, 6) is 0.536. The maximum Gasteiger partial charge on any atom is 0.252 e. The van der Waals surface area contributed by atoms with E-state index in [1.165, 1.54) is 0 Å². The Morgan fingerprint density at radius 2 is 1.81 bits per heavy atom. The van der Waals surface area contributed by atoms with Crippen molar-refractivity contribution in [2.75, 3.05) is 19.8 Å². The lowest BCUT2D eigenvalue weighted by atomic mass is 9.80. The fourth-order valence-electron chi connectivity index (χ4n) is 4.79. The van der Waals surface area contributed by atoms with Gasteiger partial charge in [0.15, 0.2) is 11.6 Å². The molecule has 1 aliphatic rings. The van der Waals surface area contributed by atoms with Crippen LogP contribution in [0.15, 0.2) is 88.0 Å². The summed E-state index contributed by atoms with van der Waals surface area (Å²) in [4.78, 5) is 25.0. The molecule has 216 valence electrons. The SMILES string of the molecule is CCCNC(=O)[C@]1(Cc2ccccc2N=[N+]=[N-])N=C(c2ccc(OCCCO)cc2)O[C@@H]1c1ccccc1CN=[N+]=[N-]. The molecule has 1 heterocycles. The first-order valence-electron chi connectivity index (χ1n) is 13.7. The molecular weight excluding hydrogens is 536 g/mol. The molecule has 12 heteroatoms. The zero-order valence-electron chi connectivity index (χ0n) is 23.3. The molecule has 2 N–H and O–H groups in total. The first kappa shape index (κ1) is 30.0. The number of carbonyl (C=O) groups excluding carboxylic acids is 1. The van der Waals surface area contributed by atoms with Crippen LogP contribution in [0, 0.1) is 0 Å². The van der Waals surface area contributed by atoms with Crippen molar-refractivity contribution in [2.24, 2.45) is 15.2 Å². The molecular formula is C30H32N8O4. The van der Waals surface area contributed by atoms with Crippen LogP contribution in [0.3, 0.4) is 0 Å². The number of azide groups is 2. The number of hydrogen-bond donors (Lipinski definition) is 2. The Bertz CT molecular complexity index is 1510. The Labute approximate surface area is 243 Å². The molecule has 0 bridgehead atoms. The van der Waals surface area contributed by atoms with Crippen LogP contribution in [0.25, 0.3) is 20.9 Å². The number of hydrogen-bond acceptors (Lipinski definition) is 7. The third-order valence-electron chi connectivity index (χ3n) is 6.81. The lowest BCUT2D eigenvalue weighted by molar-refractivity contribution is -0.128. The van der Waals surface area contributed by atoms with Gasteiger partial charge in [0.1, 0.15) is 5.75 Å². The molecule has 0 fully saturated rings. The van der Waals surface area contributed by atoms with E-state index in [-0.39, 0.29) is 31.4 Å². The Balaban J connectivity index is 1.87. The van der Waals surface area contributed by atoms with Crippen LogP contribution in [-0.4, -0.2) is 42.2 Å². The maximum atomic E-state index is 14.2. The molecule has 3 aromatic rings. The fraction of sp³-hybridized carbons (Fsp3) is 0.333. The van der Waals surface area contributed by atoms with Crippen molar-refractivity contribution in [3.63, 3.8) is 0 Å². The smallest absolute Gasteiger partial charge is 0.252 e. The van der Waals surface area contributed by atoms with Crippen molar-refractivity contribution in [1.29, 1.82) is 0 Å². The molecule has 3 aromatic carbocycles. The number of aliphatic imine (C=N–C) groups is 1. The summed E-state index contributed by atoms with van der Waals surface area (Å²) in [6, 6.07) is 21.5. The molecule has 0 saturated heterocycles. The van der Waals surface area contributed by atoms with Gasteiger partial charge in [-0.05, 0) is 58.4 Å². The van der Waals surface area contributed by atoms with E-state index >= 15 is 0 Å². The second-order valence-electron chi connectivity index (χ2n) is 9.63. The number of nitrogens with one attached hydrogen (secondary N) is 1. The standard InChI is InChI=1S/C30H32N8O4/c1-2-16-33-29(40)30(19-22-8-4-6-11-26(22)36-38-32)27(25-10-5-3-9-23(25)20-34-37-31)42-28(35-30)21-12-14-24(15-13-21)41-18-7-17-39/h3-6,8-15,27,39H,2,7,16-20H2,1H3,(H,33,40)/t27-,30-/m1/s1. The fourth-order valence-corrected chi connectivity index (χ4v) is 4.79. The number of rotatable bonds is 14. The van der Waals surface area contributed by atoms with Gasteiger partial charge in [-0.3, -0.25) is 4.79 Å². The van der Waals surface area contributed by atoms with Gasteiger partial charge in [0.2, 0.25) is 5.90 Å². The Hall–Kier alpha value is -5.02. The summed E-state index contributed by atoms with van der Waals surface area (Å²) in [5, 5.41) is 19.6. The van der Waals surface area contributed by atoms with Gasteiger partial charge in [-0.1, -0.05) is 65.7 Å². The highest BCUT2D eigenvalue weighted by molar-refractivity contribution is 6.01. The van der Waals surface area contributed by atoms with E-state index in [4.69, 9.17) is 25.1 Å². The van der Waals surface area contributed by atoms with Crippen molar-refractivity contribution < 1.29 is 19.4 Å². The summed E-state index contributed by atoms with van der Waals surface area (Å²) in [6.07, 6.45) is 0.407. The van der Waals surface area contributed by atoms with Crippen molar-refractivity contribution >= 4 is 17.5 Å². The van der Waals surface area contributed by atoms with Gasteiger partial charge >= 0.3 is 0 Å². The molecule has 0 aliphatic carbocycles. The Morgan fingerprint density at radius 1 is 1.07 bits per heavy atom. The minimum Gasteiger partial charge on any atom is -0.494 e. The molecule has 1 amide bonds. The molecule has 2 atom stereocenters. The number of amides is 1. The van der Waals surface area contributed by atoms with Crippen LogP contribution in [0.1, 0.15) is 48.1 Å². The number of aliphatic hydroxyl groups is 1. The van der Waals surface area contributed by atoms with E-state index in [1.807, 2.05) is 37.3 Å². The normalized spacial score (nSPS) is 17.3. The molecule has 0 saturated carbocycles. The Morgan fingerprint density at radius 3 is 2.52 bits per heavy atom. The average Bonchev–Trinajstić information content (AvgIpc) is 3.40. The lowest BCUT2D eigenvalue weighted by Gasteiger charge is -2.32. The predicted molar refractivity (Wildman–Crippen MR) is 158 cm³/mol. The first-order valence-corrected chi connectivity index (χ1v) is 13.7. The van der Waals surface area contributed by atoms with Crippen LogP contribution in [0.5, 0.6) is 5.75 Å². The minimum absolute atomic E-state index is 0.0380. The van der Waals surface area contributed by atoms with Gasteiger partial charge in [0, 0.05) is 47.1 Å². The first-order chi connectivity index (χ1) is 20.6. The van der Waals surface area contributed by atoms with Gasteiger partial charge in [0.25, 0.3) is 5.91 Å². The highest BCUT2D eigenvalue weighted by Crippen LogP contribution is 2.44. The van der Waals surface area contributed by atoms with E-state index in [2.05, 4.69) is 25.4 Å². The highest BCUT2D eigenvalue weighted by Gasteiger charge is 2.53. The molecule has 4 rings (SSSR count). The average molecular weight is 569 g/mol. The van der Waals surface area contributed by atoms with E-state index in [0.29, 0.717) is 59.7 Å². The monoisotopic (exact) mass is 568 g/mol. The summed E-state index contributed by atoms with van der Waals surface area (Å²) < 4.78 is 12.2. The second kappa shape index (κ2) is 14.6. The molecule has 12 nitrogen and oxygen atoms in total. The summed E-state index contributed by atoms with van der Waals surface area (Å²) in [6.45, 7) is 2.86. The molecule has 42 heavy (non-hydrogen) atoms. The van der Waals surface area contributed by atoms with Crippen LogP contribution in [0.4, 0.5) is 5.69 Å². The van der Waals surface area contributed by atoms with E-state index < -0.39 is 11.6 Å². The van der Waals surface area contributed by atoms with E-state index in [0.717, 1.165) is 0 Å². The molecule has 1 aliphatic heterocycles. The molecule has 0 spiro atoms. The van der Waals surface area contributed by atoms with Crippen molar-refractivity contribution in [2.45, 2.75) is 44.4 Å². The topological polar surface area (TPSA) is 178 Å². The van der Waals surface area contributed by atoms with Crippen molar-refractivity contribution in [3.05, 3.63) is 116 Å². The number of nitrogens with zero attached hydrogens (tertiary/aromatic N) is 7. The van der Waals surface area contributed by atoms with Crippen molar-refractivity contribution in [1.82, 2.24) is 5.32 Å². The third-order valence-corrected chi connectivity index (χ3v) is 6.81. The van der Waals surface area contributed by atoms with Crippen molar-refractivity contribution in [3.8, 4) is 5.75 Å². The predicted octanol–water partition coefficient (Wildman–Crippen LogP) is 6.23. The van der Waals surface area contributed by atoms with Crippen LogP contribution in [0.2, 0.25) is 0 Å². The summed E-state index contributed by atoms with van der Waals surface area (Å²) in [5.41, 5.74) is 19.7. The quantitative estimate of drug-likeness (QED) is 0.101. The van der Waals surface area contributed by atoms with Gasteiger partial charge in [-0.25, -0.2) is 4.99 Å². The summed E-state index contributed by atoms with van der Waals surface area (Å²) in [7, 11) is 0. The highest BCUT2D eigenvalue weighted by atomic mass is 16.5. The van der Waals surface area contributed by atoms with Gasteiger partial charge in [-0.2, -0.15) is 0 Å². The summed E-state index contributed by atoms with van der Waals surface area (Å²) >= 11 is 0. The maximum absolute atomic E-state index is 14.2. The molecule has 0 radical (unpaired) electrons. The minimum atomic E-state index is -1.49. The number of carbonyl (C=O) groups is 1. The zero-order chi connectivity index (χ0) is 29.8.